The van der Waals surface area contributed by atoms with E-state index in [1.54, 1.807) is 15.6 Å². The second-order valence-electron chi connectivity index (χ2n) is 6.50. The molecule has 0 saturated carbocycles. The van der Waals surface area contributed by atoms with Crippen molar-refractivity contribution in [2.45, 2.75) is 6.92 Å². The van der Waals surface area contributed by atoms with Crippen LogP contribution in [0.4, 0.5) is 0 Å². The summed E-state index contributed by atoms with van der Waals surface area (Å²) in [5, 5.41) is 16.3. The van der Waals surface area contributed by atoms with Crippen molar-refractivity contribution in [3.63, 3.8) is 0 Å². The number of nitrogens with zero attached hydrogens (tertiary/aromatic N) is 3. The third-order valence-electron chi connectivity index (χ3n) is 4.65. The first-order valence-electron chi connectivity index (χ1n) is 8.89. The van der Waals surface area contributed by atoms with Crippen LogP contribution in [0.5, 0.6) is 11.6 Å². The first-order chi connectivity index (χ1) is 13.1. The predicted molar refractivity (Wildman–Crippen MR) is 100 cm³/mol. The maximum atomic E-state index is 11.7. The predicted octanol–water partition coefficient (Wildman–Crippen LogP) is 2.28. The summed E-state index contributed by atoms with van der Waals surface area (Å²) in [5.74, 6) is 0.735. The molecule has 27 heavy (non-hydrogen) atoms. The highest BCUT2D eigenvalue weighted by molar-refractivity contribution is 5.89. The molecule has 0 aliphatic carbocycles. The van der Waals surface area contributed by atoms with Gasteiger partial charge in [0.1, 0.15) is 19.0 Å². The molecule has 0 atom stereocenters. The number of aromatic nitrogens is 2. The lowest BCUT2D eigenvalue weighted by Crippen LogP contribution is -2.43. The van der Waals surface area contributed by atoms with Crippen LogP contribution in [0.3, 0.4) is 0 Å². The van der Waals surface area contributed by atoms with Crippen molar-refractivity contribution < 1.29 is 19.4 Å². The maximum Gasteiger partial charge on any atom is 0.248 e. The van der Waals surface area contributed by atoms with Crippen LogP contribution in [-0.4, -0.2) is 58.6 Å². The number of phenols is 1. The van der Waals surface area contributed by atoms with Crippen molar-refractivity contribution in [1.82, 2.24) is 14.7 Å². The van der Waals surface area contributed by atoms with Crippen molar-refractivity contribution in [3.05, 3.63) is 48.2 Å². The summed E-state index contributed by atoms with van der Waals surface area (Å²) >= 11 is 0. The van der Waals surface area contributed by atoms with E-state index in [-0.39, 0.29) is 18.3 Å². The number of rotatable bonds is 5. The van der Waals surface area contributed by atoms with Gasteiger partial charge in [-0.1, -0.05) is 18.2 Å². The molecule has 2 heterocycles. The van der Waals surface area contributed by atoms with Crippen molar-refractivity contribution in [2.24, 2.45) is 0 Å². The zero-order chi connectivity index (χ0) is 18.8. The van der Waals surface area contributed by atoms with E-state index in [1.165, 1.54) is 0 Å². The Hall–Kier alpha value is -3.06. The number of aryl methyl sites for hydroxylation is 1. The first-order valence-corrected chi connectivity index (χ1v) is 8.89. The van der Waals surface area contributed by atoms with E-state index in [4.69, 9.17) is 9.47 Å². The number of hydrogen-bond donors (Lipinski definition) is 1. The Balaban J connectivity index is 1.48. The molecule has 1 aliphatic heterocycles. The summed E-state index contributed by atoms with van der Waals surface area (Å²) in [5.41, 5.74) is 1.77. The molecule has 1 saturated heterocycles. The number of hydrogen-bond acceptors (Lipinski definition) is 5. The lowest BCUT2D eigenvalue weighted by atomic mass is 10.1. The van der Waals surface area contributed by atoms with Crippen molar-refractivity contribution >= 4 is 16.7 Å². The fourth-order valence-corrected chi connectivity index (χ4v) is 3.20. The number of fused-ring (bicyclic) bond motifs is 1. The number of carbonyl (C=O) groups is 1. The molecular weight excluding hydrogens is 346 g/mol. The summed E-state index contributed by atoms with van der Waals surface area (Å²) in [6, 6.07) is 13.1. The molecular formula is C20H21N3O4. The average Bonchev–Trinajstić information content (AvgIpc) is 3.04. The number of phenolic OH excluding ortho intramolecular Hbond substituents is 1. The molecule has 1 aromatic heterocycles. The van der Waals surface area contributed by atoms with Crippen LogP contribution >= 0.6 is 0 Å². The van der Waals surface area contributed by atoms with Gasteiger partial charge in [-0.15, -0.1) is 5.10 Å². The average molecular weight is 367 g/mol. The van der Waals surface area contributed by atoms with E-state index >= 15 is 0 Å². The third-order valence-corrected chi connectivity index (χ3v) is 4.65. The minimum atomic E-state index is -0.0115. The van der Waals surface area contributed by atoms with Gasteiger partial charge in [0, 0.05) is 23.7 Å². The highest BCUT2D eigenvalue weighted by Gasteiger charge is 2.18. The SMILES string of the molecule is Cc1cc(OCCN2CCOCC2=O)nn1-c1ccc2cccc(O)c2c1. The molecule has 1 aliphatic rings. The molecule has 4 rings (SSSR count). The highest BCUT2D eigenvalue weighted by Crippen LogP contribution is 2.27. The normalized spacial score (nSPS) is 14.7. The zero-order valence-corrected chi connectivity index (χ0v) is 15.1. The molecule has 2 aromatic carbocycles. The Kier molecular flexibility index (Phi) is 4.68. The van der Waals surface area contributed by atoms with Crippen LogP contribution in [0, 0.1) is 6.92 Å². The maximum absolute atomic E-state index is 11.7. The summed E-state index contributed by atoms with van der Waals surface area (Å²) in [6.45, 7) is 4.13. The van der Waals surface area contributed by atoms with Crippen LogP contribution in [0.25, 0.3) is 16.5 Å². The summed E-state index contributed by atoms with van der Waals surface area (Å²) in [6.07, 6.45) is 0. The fourth-order valence-electron chi connectivity index (χ4n) is 3.20. The Bertz CT molecular complexity index is 983. The van der Waals surface area contributed by atoms with Gasteiger partial charge in [-0.05, 0) is 30.5 Å². The van der Waals surface area contributed by atoms with Gasteiger partial charge in [-0.3, -0.25) is 4.79 Å². The van der Waals surface area contributed by atoms with E-state index in [0.29, 0.717) is 32.2 Å². The van der Waals surface area contributed by atoms with Gasteiger partial charge in [-0.25, -0.2) is 4.68 Å². The van der Waals surface area contributed by atoms with E-state index in [0.717, 1.165) is 22.2 Å². The molecule has 0 bridgehead atoms. The number of benzene rings is 2. The van der Waals surface area contributed by atoms with E-state index in [1.807, 2.05) is 43.3 Å². The molecule has 3 aromatic rings. The number of aromatic hydroxyl groups is 1. The molecule has 1 N–H and O–H groups in total. The van der Waals surface area contributed by atoms with Crippen molar-refractivity contribution in [3.8, 4) is 17.3 Å². The van der Waals surface area contributed by atoms with Gasteiger partial charge in [0.2, 0.25) is 11.8 Å². The second kappa shape index (κ2) is 7.28. The molecule has 7 heteroatoms. The fraction of sp³-hybridized carbons (Fsp3) is 0.300. The molecule has 140 valence electrons. The van der Waals surface area contributed by atoms with Gasteiger partial charge >= 0.3 is 0 Å². The standard InChI is InChI=1S/C20H21N3O4/c1-14-11-19(27-10-8-22-7-9-26-13-20(22)25)21-23(14)16-6-5-15-3-2-4-18(24)17(15)12-16/h2-6,11-12,24H,7-10,13H2,1H3. The molecule has 0 radical (unpaired) electrons. The lowest BCUT2D eigenvalue weighted by molar-refractivity contribution is -0.143. The monoisotopic (exact) mass is 367 g/mol. The summed E-state index contributed by atoms with van der Waals surface area (Å²) in [7, 11) is 0. The largest absolute Gasteiger partial charge is 0.507 e. The quantitative estimate of drug-likeness (QED) is 0.749. The van der Waals surface area contributed by atoms with Crippen LogP contribution in [-0.2, 0) is 9.53 Å². The Morgan fingerprint density at radius 1 is 1.26 bits per heavy atom. The van der Waals surface area contributed by atoms with Gasteiger partial charge in [-0.2, -0.15) is 0 Å². The van der Waals surface area contributed by atoms with E-state index in [2.05, 4.69) is 5.10 Å². The number of carbonyl (C=O) groups excluding carboxylic acids is 1. The van der Waals surface area contributed by atoms with Gasteiger partial charge in [0.25, 0.3) is 0 Å². The topological polar surface area (TPSA) is 76.8 Å². The van der Waals surface area contributed by atoms with Crippen LogP contribution in [0.1, 0.15) is 5.69 Å². The molecule has 0 spiro atoms. The molecule has 0 unspecified atom stereocenters. The molecule has 7 nitrogen and oxygen atoms in total. The van der Waals surface area contributed by atoms with Crippen LogP contribution in [0.2, 0.25) is 0 Å². The van der Waals surface area contributed by atoms with Gasteiger partial charge < -0.3 is 19.5 Å². The highest BCUT2D eigenvalue weighted by atomic mass is 16.5. The molecule has 1 amide bonds. The minimum absolute atomic E-state index is 0.0115. The minimum Gasteiger partial charge on any atom is -0.507 e. The van der Waals surface area contributed by atoms with Crippen molar-refractivity contribution in [2.75, 3.05) is 32.9 Å². The summed E-state index contributed by atoms with van der Waals surface area (Å²) in [4.78, 5) is 13.5. The van der Waals surface area contributed by atoms with Crippen LogP contribution < -0.4 is 4.74 Å². The van der Waals surface area contributed by atoms with E-state index in [9.17, 15) is 9.90 Å². The Labute approximate surface area is 156 Å². The first kappa shape index (κ1) is 17.4. The van der Waals surface area contributed by atoms with Crippen molar-refractivity contribution in [1.29, 1.82) is 0 Å². The Morgan fingerprint density at radius 2 is 2.15 bits per heavy atom. The Morgan fingerprint density at radius 3 is 3.00 bits per heavy atom. The van der Waals surface area contributed by atoms with E-state index < -0.39 is 0 Å². The van der Waals surface area contributed by atoms with Gasteiger partial charge in [0.05, 0.1) is 18.8 Å². The second-order valence-corrected chi connectivity index (χ2v) is 6.50. The third kappa shape index (κ3) is 3.59. The lowest BCUT2D eigenvalue weighted by Gasteiger charge is -2.26. The smallest absolute Gasteiger partial charge is 0.248 e. The number of ether oxygens (including phenoxy) is 2. The number of amides is 1. The van der Waals surface area contributed by atoms with Gasteiger partial charge in [0.15, 0.2) is 0 Å². The number of morpholine rings is 1. The molecule has 1 fully saturated rings. The van der Waals surface area contributed by atoms with Crippen LogP contribution in [0.15, 0.2) is 42.5 Å². The summed E-state index contributed by atoms with van der Waals surface area (Å²) < 4.78 is 12.6. The zero-order valence-electron chi connectivity index (χ0n) is 15.1.